The number of halogens is 6. The number of phenols is 2. The van der Waals surface area contributed by atoms with Crippen molar-refractivity contribution in [2.24, 2.45) is 0 Å². The van der Waals surface area contributed by atoms with Crippen LogP contribution in [-0.4, -0.2) is 39.5 Å². The predicted octanol–water partition coefficient (Wildman–Crippen LogP) is 9.47. The standard InChI is InChI=1S/C17H13ClF2O3.C16H14F2O.C4H4ClNO2/c1-23-17(22)12-7-11(8-2-3-8)14(15(18)16(12)21)10-5-4-9(19)6-13(10)20;1-9-6-12(19)8-14(16(9)10-2-3-10)13-5-4-11(17)7-15(13)18;5-6-3(7)1-2-4(6)8/h4-8,21H,2-3H2,1H3;4-8,10,19H,2-3H2,1H3;1-2H2. The summed E-state index contributed by atoms with van der Waals surface area (Å²) in [5, 5.41) is 19.8. The van der Waals surface area contributed by atoms with Gasteiger partial charge in [0.05, 0.1) is 12.1 Å². The van der Waals surface area contributed by atoms with E-state index in [0.717, 1.165) is 55.0 Å². The van der Waals surface area contributed by atoms with Crippen LogP contribution in [0.15, 0.2) is 54.6 Å². The summed E-state index contributed by atoms with van der Waals surface area (Å²) in [6.45, 7) is 1.91. The van der Waals surface area contributed by atoms with Gasteiger partial charge >= 0.3 is 5.97 Å². The molecule has 0 aromatic heterocycles. The second kappa shape index (κ2) is 15.1. The number of carbonyl (C=O) groups is 3. The van der Waals surface area contributed by atoms with Crippen molar-refractivity contribution in [1.29, 1.82) is 0 Å². The second-order valence-electron chi connectivity index (χ2n) is 12.1. The Morgan fingerprint density at radius 2 is 1.34 bits per heavy atom. The fourth-order valence-electron chi connectivity index (χ4n) is 5.78. The average molecular weight is 733 g/mol. The van der Waals surface area contributed by atoms with Gasteiger partial charge in [0.2, 0.25) is 11.8 Å². The number of phenolic OH excluding ortho intramolecular Hbond substituents is 2. The van der Waals surface area contributed by atoms with Crippen LogP contribution in [0.5, 0.6) is 11.5 Å². The molecule has 0 spiro atoms. The van der Waals surface area contributed by atoms with Gasteiger partial charge in [-0.15, -0.1) is 0 Å². The lowest BCUT2D eigenvalue weighted by molar-refractivity contribution is -0.132. The molecule has 1 heterocycles. The molecule has 2 aliphatic carbocycles. The third-order valence-electron chi connectivity index (χ3n) is 8.46. The van der Waals surface area contributed by atoms with E-state index in [1.807, 2.05) is 6.92 Å². The van der Waals surface area contributed by atoms with E-state index >= 15 is 0 Å². The zero-order valence-corrected chi connectivity index (χ0v) is 28.3. The van der Waals surface area contributed by atoms with Gasteiger partial charge in [-0.2, -0.15) is 4.42 Å². The molecule has 0 atom stereocenters. The molecular formula is C37H31Cl2F4NO6. The number of aromatic hydroxyl groups is 2. The Morgan fingerprint density at radius 1 is 0.800 bits per heavy atom. The van der Waals surface area contributed by atoms with Crippen LogP contribution in [0.25, 0.3) is 22.3 Å². The molecule has 2 amide bonds. The molecule has 2 N–H and O–H groups in total. The van der Waals surface area contributed by atoms with Gasteiger partial charge in [0.15, 0.2) is 0 Å². The SMILES string of the molecule is COC(=O)c1cc(C2CC2)c(-c2ccc(F)cc2F)c(Cl)c1O.Cc1cc(O)cc(-c2ccc(F)cc2F)c1C1CC1.O=C1CCC(=O)N1Cl. The van der Waals surface area contributed by atoms with Gasteiger partial charge in [-0.25, -0.2) is 22.4 Å². The van der Waals surface area contributed by atoms with Gasteiger partial charge in [0.1, 0.15) is 40.3 Å². The lowest BCUT2D eigenvalue weighted by Crippen LogP contribution is -2.16. The third kappa shape index (κ3) is 8.05. The highest BCUT2D eigenvalue weighted by Gasteiger charge is 2.33. The first-order valence-electron chi connectivity index (χ1n) is 15.6. The van der Waals surface area contributed by atoms with E-state index in [1.165, 1.54) is 31.4 Å². The Hall–Kier alpha value is -4.61. The summed E-state index contributed by atoms with van der Waals surface area (Å²) in [5.41, 5.74) is 4.02. The number of hydrogen-bond acceptors (Lipinski definition) is 6. The molecule has 1 saturated heterocycles. The molecule has 0 unspecified atom stereocenters. The lowest BCUT2D eigenvalue weighted by Gasteiger charge is -2.16. The van der Waals surface area contributed by atoms with E-state index in [1.54, 1.807) is 12.1 Å². The fourth-order valence-corrected chi connectivity index (χ4v) is 6.26. The molecule has 4 aromatic carbocycles. The third-order valence-corrected chi connectivity index (χ3v) is 9.21. The quantitative estimate of drug-likeness (QED) is 0.0918. The highest BCUT2D eigenvalue weighted by atomic mass is 35.5. The van der Waals surface area contributed by atoms with E-state index in [-0.39, 0.29) is 58.0 Å². The van der Waals surface area contributed by atoms with E-state index in [4.69, 9.17) is 23.4 Å². The molecule has 13 heteroatoms. The highest BCUT2D eigenvalue weighted by Crippen LogP contribution is 2.51. The molecule has 7 nitrogen and oxygen atoms in total. The Balaban J connectivity index is 0.000000161. The van der Waals surface area contributed by atoms with Crippen molar-refractivity contribution in [2.45, 2.75) is 57.3 Å². The number of imide groups is 1. The molecule has 0 radical (unpaired) electrons. The van der Waals surface area contributed by atoms with Crippen molar-refractivity contribution in [3.05, 3.63) is 105 Å². The molecule has 7 rings (SSSR count). The van der Waals surface area contributed by atoms with Crippen LogP contribution in [-0.2, 0) is 14.3 Å². The maximum atomic E-state index is 14.2. The Morgan fingerprint density at radius 3 is 1.80 bits per heavy atom. The number of carbonyl (C=O) groups excluding carboxylic acids is 3. The predicted molar refractivity (Wildman–Crippen MR) is 179 cm³/mol. The van der Waals surface area contributed by atoms with Crippen molar-refractivity contribution >= 4 is 41.2 Å². The van der Waals surface area contributed by atoms with Crippen LogP contribution in [0.3, 0.4) is 0 Å². The monoisotopic (exact) mass is 731 g/mol. The van der Waals surface area contributed by atoms with Gasteiger partial charge in [-0.05, 0) is 109 Å². The number of esters is 1. The number of ether oxygens (including phenoxy) is 1. The van der Waals surface area contributed by atoms with Crippen LogP contribution in [0.4, 0.5) is 17.6 Å². The summed E-state index contributed by atoms with van der Waals surface area (Å²) in [7, 11) is 1.19. The Labute approximate surface area is 295 Å². The smallest absolute Gasteiger partial charge is 0.341 e. The van der Waals surface area contributed by atoms with Crippen LogP contribution >= 0.6 is 23.4 Å². The fraction of sp³-hybridized carbons (Fsp3) is 0.270. The molecule has 4 aromatic rings. The topological polar surface area (TPSA) is 104 Å². The summed E-state index contributed by atoms with van der Waals surface area (Å²) >= 11 is 11.4. The minimum Gasteiger partial charge on any atom is -0.508 e. The van der Waals surface area contributed by atoms with E-state index in [0.29, 0.717) is 27.0 Å². The molecular weight excluding hydrogens is 701 g/mol. The number of methoxy groups -OCH3 is 1. The number of amides is 2. The minimum atomic E-state index is -0.779. The first-order chi connectivity index (χ1) is 23.7. The second-order valence-corrected chi connectivity index (χ2v) is 12.8. The Kier molecular flexibility index (Phi) is 11.1. The zero-order chi connectivity index (χ0) is 36.4. The molecule has 50 heavy (non-hydrogen) atoms. The molecule has 3 aliphatic rings. The molecule has 3 fully saturated rings. The number of benzene rings is 4. The van der Waals surface area contributed by atoms with Crippen LogP contribution in [0, 0.1) is 30.2 Å². The van der Waals surface area contributed by atoms with E-state index < -0.39 is 35.0 Å². The van der Waals surface area contributed by atoms with Gasteiger partial charge in [-0.1, -0.05) is 11.6 Å². The van der Waals surface area contributed by atoms with Crippen molar-refractivity contribution < 1.29 is 46.9 Å². The number of aryl methyl sites for hydroxylation is 1. The summed E-state index contributed by atoms with van der Waals surface area (Å²) < 4.78 is 59.5. The number of nitrogens with zero attached hydrogens (tertiary/aromatic N) is 1. The highest BCUT2D eigenvalue weighted by molar-refractivity contribution is 6.35. The van der Waals surface area contributed by atoms with Gasteiger partial charge in [0, 0.05) is 53.4 Å². The lowest BCUT2D eigenvalue weighted by atomic mass is 9.92. The summed E-state index contributed by atoms with van der Waals surface area (Å²) in [6.07, 6.45) is 4.45. The average Bonchev–Trinajstić information content (AvgIpc) is 4.00. The van der Waals surface area contributed by atoms with Crippen molar-refractivity contribution in [1.82, 2.24) is 4.42 Å². The largest absolute Gasteiger partial charge is 0.508 e. The Bertz CT molecular complexity index is 1980. The van der Waals surface area contributed by atoms with Crippen LogP contribution in [0.1, 0.15) is 77.4 Å². The van der Waals surface area contributed by atoms with Gasteiger partial charge in [0.25, 0.3) is 0 Å². The van der Waals surface area contributed by atoms with Crippen LogP contribution < -0.4 is 0 Å². The van der Waals surface area contributed by atoms with Crippen molar-refractivity contribution in [3.63, 3.8) is 0 Å². The maximum absolute atomic E-state index is 14.2. The van der Waals surface area contributed by atoms with Crippen molar-refractivity contribution in [3.8, 4) is 33.8 Å². The summed E-state index contributed by atoms with van der Waals surface area (Å²) in [4.78, 5) is 32.5. The van der Waals surface area contributed by atoms with Crippen LogP contribution in [0.2, 0.25) is 5.02 Å². The molecule has 0 bridgehead atoms. The minimum absolute atomic E-state index is 0.0642. The summed E-state index contributed by atoms with van der Waals surface area (Å²) in [5.74, 6) is -3.79. The van der Waals surface area contributed by atoms with Gasteiger partial charge < -0.3 is 14.9 Å². The zero-order valence-electron chi connectivity index (χ0n) is 26.8. The number of rotatable bonds is 5. The molecule has 262 valence electrons. The van der Waals surface area contributed by atoms with E-state index in [9.17, 15) is 42.2 Å². The number of hydrogen-bond donors (Lipinski definition) is 2. The first-order valence-corrected chi connectivity index (χ1v) is 16.3. The van der Waals surface area contributed by atoms with Crippen molar-refractivity contribution in [2.75, 3.05) is 7.11 Å². The van der Waals surface area contributed by atoms with Gasteiger partial charge in [-0.3, -0.25) is 9.59 Å². The first kappa shape index (κ1) is 36.7. The summed E-state index contributed by atoms with van der Waals surface area (Å²) in [6, 6.07) is 11.4. The molecule has 2 saturated carbocycles. The maximum Gasteiger partial charge on any atom is 0.341 e. The normalized spacial score (nSPS) is 15.2. The van der Waals surface area contributed by atoms with E-state index in [2.05, 4.69) is 4.74 Å². The molecule has 1 aliphatic heterocycles.